The Labute approximate surface area is 145 Å². The summed E-state index contributed by atoms with van der Waals surface area (Å²) in [7, 11) is 0. The smallest absolute Gasteiger partial charge is 0.318 e. The van der Waals surface area contributed by atoms with Gasteiger partial charge in [0.25, 0.3) is 0 Å². The molecule has 6 heteroatoms. The Bertz CT molecular complexity index is 802. The van der Waals surface area contributed by atoms with Crippen LogP contribution in [0.5, 0.6) is 5.75 Å². The van der Waals surface area contributed by atoms with Crippen LogP contribution in [0, 0.1) is 18.2 Å². The molecule has 0 heterocycles. The van der Waals surface area contributed by atoms with E-state index in [2.05, 4.69) is 5.32 Å². The van der Waals surface area contributed by atoms with Crippen LogP contribution >= 0.6 is 0 Å². The minimum atomic E-state index is -1.53. The number of aliphatic carboxylic acids is 1. The van der Waals surface area contributed by atoms with Crippen LogP contribution in [0.4, 0.5) is 10.1 Å². The number of carboxylic acids is 1. The Morgan fingerprint density at radius 3 is 2.52 bits per heavy atom. The molecule has 0 atom stereocenters. The second-order valence-electron chi connectivity index (χ2n) is 6.28. The summed E-state index contributed by atoms with van der Waals surface area (Å²) in [5.74, 6) is -1.55. The van der Waals surface area contributed by atoms with Gasteiger partial charge in [0.15, 0.2) is 0 Å². The average molecular weight is 345 g/mol. The third-order valence-corrected chi connectivity index (χ3v) is 3.84. The van der Waals surface area contributed by atoms with E-state index >= 15 is 0 Å². The predicted octanol–water partition coefficient (Wildman–Crippen LogP) is 3.76. The lowest BCUT2D eigenvalue weighted by Crippen LogP contribution is -2.37. The summed E-state index contributed by atoms with van der Waals surface area (Å²) in [5, 5.41) is 11.7. The van der Waals surface area contributed by atoms with Gasteiger partial charge in [0.1, 0.15) is 23.6 Å². The first-order valence-electron chi connectivity index (χ1n) is 7.73. The molecule has 0 fully saturated rings. The van der Waals surface area contributed by atoms with Gasteiger partial charge in [0.05, 0.1) is 0 Å². The molecule has 25 heavy (non-hydrogen) atoms. The molecule has 2 aromatic carbocycles. The lowest BCUT2D eigenvalue weighted by Gasteiger charge is -2.19. The highest BCUT2D eigenvalue weighted by molar-refractivity contribution is 6.07. The molecular formula is C19H20FNO4. The van der Waals surface area contributed by atoms with Gasteiger partial charge in [-0.1, -0.05) is 12.1 Å². The molecule has 0 aliphatic carbocycles. The number of benzene rings is 2. The van der Waals surface area contributed by atoms with Crippen molar-refractivity contribution in [3.8, 4) is 5.75 Å². The summed E-state index contributed by atoms with van der Waals surface area (Å²) in [6, 6.07) is 11.2. The van der Waals surface area contributed by atoms with Crippen molar-refractivity contribution in [1.29, 1.82) is 0 Å². The average Bonchev–Trinajstić information content (AvgIpc) is 2.55. The maximum atomic E-state index is 13.1. The maximum absolute atomic E-state index is 13.1. The fourth-order valence-electron chi connectivity index (χ4n) is 2.04. The van der Waals surface area contributed by atoms with Crippen LogP contribution in [0.3, 0.4) is 0 Å². The number of hydrogen-bond acceptors (Lipinski definition) is 3. The lowest BCUT2D eigenvalue weighted by molar-refractivity contribution is -0.151. The molecule has 0 radical (unpaired) electrons. The van der Waals surface area contributed by atoms with Crippen LogP contribution in [-0.4, -0.2) is 17.0 Å². The largest absolute Gasteiger partial charge is 0.489 e. The molecule has 5 nitrogen and oxygen atoms in total. The molecule has 2 N–H and O–H groups in total. The molecule has 0 bridgehead atoms. The van der Waals surface area contributed by atoms with E-state index in [0.717, 1.165) is 5.56 Å². The minimum Gasteiger partial charge on any atom is -0.489 e. The topological polar surface area (TPSA) is 75.6 Å². The van der Waals surface area contributed by atoms with Crippen molar-refractivity contribution >= 4 is 17.6 Å². The number of amides is 1. The highest BCUT2D eigenvalue weighted by atomic mass is 19.1. The summed E-state index contributed by atoms with van der Waals surface area (Å²) in [5.41, 5.74) is 0.417. The van der Waals surface area contributed by atoms with Crippen molar-refractivity contribution < 1.29 is 23.8 Å². The molecule has 0 saturated heterocycles. The number of anilines is 1. The van der Waals surface area contributed by atoms with E-state index in [1.54, 1.807) is 37.3 Å². The molecule has 0 aromatic heterocycles. The molecule has 132 valence electrons. The van der Waals surface area contributed by atoms with Gasteiger partial charge in [-0.25, -0.2) is 4.39 Å². The zero-order valence-corrected chi connectivity index (χ0v) is 14.3. The number of ether oxygens (including phenoxy) is 1. The first kappa shape index (κ1) is 18.4. The summed E-state index contributed by atoms with van der Waals surface area (Å²) >= 11 is 0. The highest BCUT2D eigenvalue weighted by Gasteiger charge is 2.36. The van der Waals surface area contributed by atoms with Crippen molar-refractivity contribution in [2.24, 2.45) is 5.41 Å². The molecular weight excluding hydrogens is 325 g/mol. The maximum Gasteiger partial charge on any atom is 0.318 e. The van der Waals surface area contributed by atoms with E-state index < -0.39 is 17.3 Å². The number of carbonyl (C=O) groups excluding carboxylic acids is 1. The van der Waals surface area contributed by atoms with Gasteiger partial charge in [0.2, 0.25) is 5.91 Å². The number of rotatable bonds is 6. The molecule has 0 spiro atoms. The van der Waals surface area contributed by atoms with Gasteiger partial charge >= 0.3 is 5.97 Å². The lowest BCUT2D eigenvalue weighted by atomic mass is 9.92. The number of nitrogens with one attached hydrogen (secondary N) is 1. The number of hydrogen-bond donors (Lipinski definition) is 2. The van der Waals surface area contributed by atoms with Crippen LogP contribution in [0.1, 0.15) is 25.0 Å². The van der Waals surface area contributed by atoms with Crippen molar-refractivity contribution in [3.63, 3.8) is 0 Å². The molecule has 2 aromatic rings. The standard InChI is InChI=1S/C19H20FNO4/c1-12-9-15(25-11-13-5-4-6-14(20)10-13)7-8-16(12)21-17(22)19(2,3)18(23)24/h4-10H,11H2,1-3H3,(H,21,22)(H,23,24). The molecule has 1 amide bonds. The Morgan fingerprint density at radius 1 is 1.20 bits per heavy atom. The summed E-state index contributed by atoms with van der Waals surface area (Å²) in [6.07, 6.45) is 0. The van der Waals surface area contributed by atoms with Crippen LogP contribution < -0.4 is 10.1 Å². The predicted molar refractivity (Wildman–Crippen MR) is 92.0 cm³/mol. The first-order chi connectivity index (χ1) is 11.7. The van der Waals surface area contributed by atoms with Gasteiger partial charge in [-0.2, -0.15) is 0 Å². The van der Waals surface area contributed by atoms with Crippen molar-refractivity contribution in [1.82, 2.24) is 0 Å². The van der Waals surface area contributed by atoms with Crippen LogP contribution in [0.2, 0.25) is 0 Å². The quantitative estimate of drug-likeness (QED) is 0.782. The van der Waals surface area contributed by atoms with Gasteiger partial charge in [-0.15, -0.1) is 0 Å². The fourth-order valence-corrected chi connectivity index (χ4v) is 2.04. The molecule has 0 unspecified atom stereocenters. The summed E-state index contributed by atoms with van der Waals surface area (Å²) in [6.45, 7) is 4.68. The minimum absolute atomic E-state index is 0.217. The monoisotopic (exact) mass is 345 g/mol. The second kappa shape index (κ2) is 7.34. The van der Waals surface area contributed by atoms with Crippen LogP contribution in [-0.2, 0) is 16.2 Å². The zero-order chi connectivity index (χ0) is 18.6. The van der Waals surface area contributed by atoms with Gasteiger partial charge < -0.3 is 15.2 Å². The van der Waals surface area contributed by atoms with Crippen molar-refractivity contribution in [2.75, 3.05) is 5.32 Å². The third kappa shape index (κ3) is 4.56. The van der Waals surface area contributed by atoms with Gasteiger partial charge in [-0.05, 0) is 62.2 Å². The fraction of sp³-hybridized carbons (Fsp3) is 0.263. The molecule has 0 aliphatic rings. The first-order valence-corrected chi connectivity index (χ1v) is 7.73. The van der Waals surface area contributed by atoms with E-state index in [4.69, 9.17) is 9.84 Å². The number of halogens is 1. The molecule has 0 saturated carbocycles. The zero-order valence-electron chi connectivity index (χ0n) is 14.3. The van der Waals surface area contributed by atoms with Crippen LogP contribution in [0.25, 0.3) is 0 Å². The van der Waals surface area contributed by atoms with E-state index in [9.17, 15) is 14.0 Å². The van der Waals surface area contributed by atoms with Crippen LogP contribution in [0.15, 0.2) is 42.5 Å². The summed E-state index contributed by atoms with van der Waals surface area (Å²) in [4.78, 5) is 23.2. The highest BCUT2D eigenvalue weighted by Crippen LogP contribution is 2.25. The number of carbonyl (C=O) groups is 2. The molecule has 2 rings (SSSR count). The van der Waals surface area contributed by atoms with Crippen molar-refractivity contribution in [2.45, 2.75) is 27.4 Å². The third-order valence-electron chi connectivity index (χ3n) is 3.84. The SMILES string of the molecule is Cc1cc(OCc2cccc(F)c2)ccc1NC(=O)C(C)(C)C(=O)O. The van der Waals surface area contributed by atoms with E-state index in [0.29, 0.717) is 17.0 Å². The summed E-state index contributed by atoms with van der Waals surface area (Å²) < 4.78 is 18.8. The Kier molecular flexibility index (Phi) is 5.41. The van der Waals surface area contributed by atoms with E-state index in [1.807, 2.05) is 0 Å². The van der Waals surface area contributed by atoms with Gasteiger partial charge in [0, 0.05) is 5.69 Å². The normalized spacial score (nSPS) is 11.0. The Morgan fingerprint density at radius 2 is 1.92 bits per heavy atom. The second-order valence-corrected chi connectivity index (χ2v) is 6.28. The van der Waals surface area contributed by atoms with Crippen molar-refractivity contribution in [3.05, 3.63) is 59.4 Å². The molecule has 0 aliphatic heterocycles. The van der Waals surface area contributed by atoms with Gasteiger partial charge in [-0.3, -0.25) is 9.59 Å². The Balaban J connectivity index is 2.05. The number of aryl methyl sites for hydroxylation is 1. The van der Waals surface area contributed by atoms with E-state index in [1.165, 1.54) is 26.0 Å². The Hall–Kier alpha value is -2.89. The van der Waals surface area contributed by atoms with E-state index in [-0.39, 0.29) is 12.4 Å². The number of carboxylic acid groups (broad SMARTS) is 1.